The molecule has 200 valence electrons. The average molecular weight is 526 g/mol. The molecule has 1 aliphatic carbocycles. The largest absolute Gasteiger partial charge is 0.494 e. The van der Waals surface area contributed by atoms with Crippen molar-refractivity contribution in [1.29, 1.82) is 0 Å². The van der Waals surface area contributed by atoms with Crippen molar-refractivity contribution >= 4 is 27.8 Å². The summed E-state index contributed by atoms with van der Waals surface area (Å²) in [4.78, 5) is 12.2. The van der Waals surface area contributed by atoms with Gasteiger partial charge < -0.3 is 23.9 Å². The number of hydrogen-bond donors (Lipinski definition) is 2. The molecule has 2 fully saturated rings. The Morgan fingerprint density at radius 1 is 1.18 bits per heavy atom. The lowest BCUT2D eigenvalue weighted by molar-refractivity contribution is -0.161. The molecule has 0 amide bonds. The van der Waals surface area contributed by atoms with Crippen LogP contribution >= 0.6 is 0 Å². The van der Waals surface area contributed by atoms with Gasteiger partial charge in [0.2, 0.25) is 0 Å². The first-order valence-electron chi connectivity index (χ1n) is 12.8. The Balaban J connectivity index is 1.69. The van der Waals surface area contributed by atoms with Gasteiger partial charge in [0, 0.05) is 54.5 Å². The van der Waals surface area contributed by atoms with Crippen molar-refractivity contribution in [2.24, 2.45) is 0 Å². The van der Waals surface area contributed by atoms with Crippen molar-refractivity contribution in [3.8, 4) is 11.4 Å². The van der Waals surface area contributed by atoms with E-state index in [0.717, 1.165) is 24.1 Å². The summed E-state index contributed by atoms with van der Waals surface area (Å²) < 4.78 is 49.3. The predicted octanol–water partition coefficient (Wildman–Crippen LogP) is 5.42. The molecule has 10 heteroatoms. The smallest absolute Gasteiger partial charge is 0.335 e. The van der Waals surface area contributed by atoms with Crippen molar-refractivity contribution in [1.82, 2.24) is 14.8 Å². The summed E-state index contributed by atoms with van der Waals surface area (Å²) in [5, 5.41) is 17.9. The number of carboxylic acids is 1. The SMILES string of the molecule is COc1cc(-n2c(C3CCOCC3)c([C@@H]3CC[C@@](OC)(C(=O)O)C3)c3c(F)c4[nH]ncc4cc32)ccc1F. The second kappa shape index (κ2) is 9.36. The highest BCUT2D eigenvalue weighted by Gasteiger charge is 2.48. The Bertz CT molecular complexity index is 1540. The van der Waals surface area contributed by atoms with Crippen LogP contribution < -0.4 is 4.74 Å². The zero-order chi connectivity index (χ0) is 26.6. The zero-order valence-corrected chi connectivity index (χ0v) is 21.2. The number of nitrogens with one attached hydrogen (secondary N) is 1. The van der Waals surface area contributed by atoms with E-state index in [1.807, 2.05) is 10.6 Å². The van der Waals surface area contributed by atoms with E-state index in [-0.39, 0.29) is 24.0 Å². The van der Waals surface area contributed by atoms with E-state index in [0.29, 0.717) is 53.5 Å². The Morgan fingerprint density at radius 2 is 1.97 bits per heavy atom. The molecule has 4 aromatic rings. The van der Waals surface area contributed by atoms with Gasteiger partial charge in [0.1, 0.15) is 5.52 Å². The fourth-order valence-corrected chi connectivity index (χ4v) is 6.42. The van der Waals surface area contributed by atoms with Crippen molar-refractivity contribution in [3.05, 3.63) is 53.4 Å². The minimum absolute atomic E-state index is 0.0282. The van der Waals surface area contributed by atoms with E-state index in [4.69, 9.17) is 14.2 Å². The van der Waals surface area contributed by atoms with Gasteiger partial charge in [-0.1, -0.05) is 0 Å². The van der Waals surface area contributed by atoms with E-state index >= 15 is 4.39 Å². The molecule has 1 saturated carbocycles. The fourth-order valence-electron chi connectivity index (χ4n) is 6.42. The average Bonchev–Trinajstić information content (AvgIpc) is 3.66. The maximum Gasteiger partial charge on any atom is 0.335 e. The van der Waals surface area contributed by atoms with E-state index in [2.05, 4.69) is 10.2 Å². The lowest BCUT2D eigenvalue weighted by Crippen LogP contribution is -2.37. The second-order valence-corrected chi connectivity index (χ2v) is 10.2. The molecule has 1 aliphatic heterocycles. The zero-order valence-electron chi connectivity index (χ0n) is 21.2. The highest BCUT2D eigenvalue weighted by Crippen LogP contribution is 2.51. The van der Waals surface area contributed by atoms with E-state index < -0.39 is 23.2 Å². The summed E-state index contributed by atoms with van der Waals surface area (Å²) in [6, 6.07) is 6.50. The molecule has 2 atom stereocenters. The van der Waals surface area contributed by atoms with Gasteiger partial charge in [0.05, 0.1) is 18.8 Å². The molecule has 2 aromatic heterocycles. The van der Waals surface area contributed by atoms with Crippen LogP contribution in [0.1, 0.15) is 55.2 Å². The molecule has 1 saturated heterocycles. The number of methoxy groups -OCH3 is 2. The molecular formula is C28H29F2N3O5. The Labute approximate surface area is 217 Å². The maximum atomic E-state index is 16.4. The third-order valence-corrected chi connectivity index (χ3v) is 8.35. The standard InChI is InChI=1S/C28H29F2N3O5/c1-36-21-12-18(3-4-19(21)29)33-20-11-17-14-31-32-25(17)24(30)23(20)22(26(33)15-6-9-38-10-7-15)16-5-8-28(13-16,37-2)27(34)35/h3-4,11-12,14-16H,5-10,13H2,1-2H3,(H,31,32)(H,34,35)/t16-,28+/m1/s1. The van der Waals surface area contributed by atoms with E-state index in [1.165, 1.54) is 20.3 Å². The molecule has 2 N–H and O–H groups in total. The number of carboxylic acid groups (broad SMARTS) is 1. The van der Waals surface area contributed by atoms with Crippen LogP contribution in [0.2, 0.25) is 0 Å². The number of aromatic nitrogens is 3. The molecule has 0 bridgehead atoms. The number of rotatable bonds is 6. The third kappa shape index (κ3) is 3.69. The monoisotopic (exact) mass is 525 g/mol. The molecule has 0 spiro atoms. The van der Waals surface area contributed by atoms with Crippen LogP contribution in [0, 0.1) is 11.6 Å². The number of carbonyl (C=O) groups is 1. The number of benzene rings is 2. The third-order valence-electron chi connectivity index (χ3n) is 8.35. The minimum Gasteiger partial charge on any atom is -0.494 e. The number of ether oxygens (including phenoxy) is 3. The van der Waals surface area contributed by atoms with Crippen LogP contribution in [-0.2, 0) is 14.3 Å². The minimum atomic E-state index is -1.33. The highest BCUT2D eigenvalue weighted by molar-refractivity contribution is 6.00. The second-order valence-electron chi connectivity index (χ2n) is 10.2. The molecular weight excluding hydrogens is 496 g/mol. The van der Waals surface area contributed by atoms with Crippen LogP contribution in [0.5, 0.6) is 5.75 Å². The van der Waals surface area contributed by atoms with Gasteiger partial charge in [0.15, 0.2) is 23.0 Å². The number of fused-ring (bicyclic) bond motifs is 2. The lowest BCUT2D eigenvalue weighted by atomic mass is 9.85. The first-order chi connectivity index (χ1) is 18.4. The van der Waals surface area contributed by atoms with Gasteiger partial charge in [-0.25, -0.2) is 13.6 Å². The van der Waals surface area contributed by atoms with Gasteiger partial charge in [-0.15, -0.1) is 0 Å². The number of halogens is 2. The number of H-pyrrole nitrogens is 1. The van der Waals surface area contributed by atoms with E-state index in [9.17, 15) is 14.3 Å². The Morgan fingerprint density at radius 3 is 2.66 bits per heavy atom. The molecule has 38 heavy (non-hydrogen) atoms. The van der Waals surface area contributed by atoms with Gasteiger partial charge in [-0.2, -0.15) is 5.10 Å². The Kier molecular flexibility index (Phi) is 6.11. The number of aromatic amines is 1. The first kappa shape index (κ1) is 24.8. The molecule has 0 unspecified atom stereocenters. The Hall–Kier alpha value is -3.50. The maximum absolute atomic E-state index is 16.4. The molecule has 6 rings (SSSR count). The van der Waals surface area contributed by atoms with Gasteiger partial charge in [-0.3, -0.25) is 5.10 Å². The summed E-state index contributed by atoms with van der Waals surface area (Å²) in [6.07, 6.45) is 4.10. The van der Waals surface area contributed by atoms with Crippen LogP contribution in [0.25, 0.3) is 27.5 Å². The summed E-state index contributed by atoms with van der Waals surface area (Å²) in [5.74, 6) is -2.09. The van der Waals surface area contributed by atoms with Crippen molar-refractivity contribution < 1.29 is 32.9 Å². The molecule has 8 nitrogen and oxygen atoms in total. The lowest BCUT2D eigenvalue weighted by Gasteiger charge is -2.27. The molecule has 2 aliphatic rings. The van der Waals surface area contributed by atoms with Gasteiger partial charge in [0.25, 0.3) is 0 Å². The molecule has 0 radical (unpaired) electrons. The van der Waals surface area contributed by atoms with Crippen LogP contribution in [0.15, 0.2) is 30.5 Å². The topological polar surface area (TPSA) is 98.6 Å². The number of aliphatic carboxylic acids is 1. The summed E-state index contributed by atoms with van der Waals surface area (Å²) in [6.45, 7) is 1.13. The van der Waals surface area contributed by atoms with Crippen molar-refractivity contribution in [2.75, 3.05) is 27.4 Å². The predicted molar refractivity (Wildman–Crippen MR) is 136 cm³/mol. The van der Waals surface area contributed by atoms with Crippen LogP contribution in [0.3, 0.4) is 0 Å². The molecule has 3 heterocycles. The molecule has 2 aromatic carbocycles. The van der Waals surface area contributed by atoms with Crippen LogP contribution in [0.4, 0.5) is 8.78 Å². The van der Waals surface area contributed by atoms with Gasteiger partial charge in [-0.05, 0) is 61.8 Å². The van der Waals surface area contributed by atoms with Gasteiger partial charge >= 0.3 is 5.97 Å². The quantitative estimate of drug-likeness (QED) is 0.349. The number of hydrogen-bond acceptors (Lipinski definition) is 5. The van der Waals surface area contributed by atoms with Crippen LogP contribution in [-0.4, -0.2) is 58.9 Å². The van der Waals surface area contributed by atoms with Crippen molar-refractivity contribution in [3.63, 3.8) is 0 Å². The fraction of sp³-hybridized carbons (Fsp3) is 0.429. The first-order valence-corrected chi connectivity index (χ1v) is 12.8. The number of nitrogens with zero attached hydrogens (tertiary/aromatic N) is 2. The van der Waals surface area contributed by atoms with E-state index in [1.54, 1.807) is 18.3 Å². The summed E-state index contributed by atoms with van der Waals surface area (Å²) in [7, 11) is 2.82. The summed E-state index contributed by atoms with van der Waals surface area (Å²) in [5.41, 5.74) is 1.90. The summed E-state index contributed by atoms with van der Waals surface area (Å²) >= 11 is 0. The van der Waals surface area contributed by atoms with Crippen molar-refractivity contribution in [2.45, 2.75) is 49.5 Å². The highest BCUT2D eigenvalue weighted by atomic mass is 19.1. The normalized spacial score (nSPS) is 22.5.